The van der Waals surface area contributed by atoms with Gasteiger partial charge in [-0.05, 0) is 0 Å². The second kappa shape index (κ2) is 4.00. The third-order valence-corrected chi connectivity index (χ3v) is 2.05. The Bertz CT molecular complexity index is 497. The Labute approximate surface area is 90.5 Å². The van der Waals surface area contributed by atoms with Crippen LogP contribution in [-0.4, -0.2) is 9.55 Å². The van der Waals surface area contributed by atoms with Gasteiger partial charge < -0.3 is 4.57 Å². The summed E-state index contributed by atoms with van der Waals surface area (Å²) in [5.74, 6) is 3.71. The van der Waals surface area contributed by atoms with E-state index in [1.807, 2.05) is 0 Å². The molecule has 0 saturated heterocycles. The van der Waals surface area contributed by atoms with E-state index >= 15 is 0 Å². The van der Waals surface area contributed by atoms with Gasteiger partial charge in [0.1, 0.15) is 0 Å². The summed E-state index contributed by atoms with van der Waals surface area (Å²) in [6.07, 6.45) is 0. The SMILES string of the molecule is Cl.Cn1c(NN)nc2cc(F)c(F)cc21. The van der Waals surface area contributed by atoms with Gasteiger partial charge in [-0.25, -0.2) is 19.6 Å². The lowest BCUT2D eigenvalue weighted by Crippen LogP contribution is -2.11. The molecule has 0 aliphatic rings. The van der Waals surface area contributed by atoms with Gasteiger partial charge in [-0.15, -0.1) is 12.4 Å². The van der Waals surface area contributed by atoms with Crippen molar-refractivity contribution in [1.82, 2.24) is 9.55 Å². The lowest BCUT2D eigenvalue weighted by Gasteiger charge is -1.99. The molecule has 0 atom stereocenters. The van der Waals surface area contributed by atoms with Crippen LogP contribution in [0.25, 0.3) is 11.0 Å². The van der Waals surface area contributed by atoms with Crippen LogP contribution >= 0.6 is 12.4 Å². The van der Waals surface area contributed by atoms with E-state index in [-0.39, 0.29) is 12.4 Å². The molecule has 0 spiro atoms. The van der Waals surface area contributed by atoms with E-state index in [1.54, 1.807) is 7.05 Å². The smallest absolute Gasteiger partial charge is 0.218 e. The molecule has 7 heteroatoms. The fourth-order valence-corrected chi connectivity index (χ4v) is 1.32. The average molecular weight is 235 g/mol. The first-order chi connectivity index (χ1) is 6.63. The van der Waals surface area contributed by atoms with Crippen molar-refractivity contribution < 1.29 is 8.78 Å². The Kier molecular flexibility index (Phi) is 3.11. The van der Waals surface area contributed by atoms with Crippen LogP contribution < -0.4 is 11.3 Å². The molecular weight excluding hydrogens is 226 g/mol. The summed E-state index contributed by atoms with van der Waals surface area (Å²) in [5, 5.41) is 0. The lowest BCUT2D eigenvalue weighted by atomic mass is 10.3. The molecule has 2 rings (SSSR count). The largest absolute Gasteiger partial charge is 0.312 e. The normalized spacial score (nSPS) is 10.1. The third-order valence-electron chi connectivity index (χ3n) is 2.05. The summed E-state index contributed by atoms with van der Waals surface area (Å²) in [6, 6.07) is 2.12. The molecule has 15 heavy (non-hydrogen) atoms. The Balaban J connectivity index is 0.00000112. The molecule has 0 saturated carbocycles. The summed E-state index contributed by atoms with van der Waals surface area (Å²) in [5.41, 5.74) is 3.17. The van der Waals surface area contributed by atoms with E-state index in [0.29, 0.717) is 17.0 Å². The number of benzene rings is 1. The number of nitrogens with two attached hydrogens (primary N) is 1. The van der Waals surface area contributed by atoms with Gasteiger partial charge in [0, 0.05) is 19.2 Å². The highest BCUT2D eigenvalue weighted by Gasteiger charge is 2.10. The van der Waals surface area contributed by atoms with Crippen molar-refractivity contribution in [3.8, 4) is 0 Å². The second-order valence-electron chi connectivity index (χ2n) is 2.89. The van der Waals surface area contributed by atoms with Crippen molar-refractivity contribution in [2.45, 2.75) is 0 Å². The monoisotopic (exact) mass is 234 g/mol. The molecule has 0 fully saturated rings. The molecule has 1 aromatic carbocycles. The quantitative estimate of drug-likeness (QED) is 0.582. The van der Waals surface area contributed by atoms with Crippen LogP contribution in [0.2, 0.25) is 0 Å². The molecule has 0 amide bonds. The van der Waals surface area contributed by atoms with Gasteiger partial charge in [0.2, 0.25) is 5.95 Å². The number of hydrogen-bond acceptors (Lipinski definition) is 3. The Morgan fingerprint density at radius 3 is 2.53 bits per heavy atom. The van der Waals surface area contributed by atoms with Gasteiger partial charge in [-0.1, -0.05) is 0 Å². The van der Waals surface area contributed by atoms with E-state index in [9.17, 15) is 8.78 Å². The molecule has 82 valence electrons. The van der Waals surface area contributed by atoms with Gasteiger partial charge >= 0.3 is 0 Å². The average Bonchev–Trinajstić information content (AvgIpc) is 2.45. The van der Waals surface area contributed by atoms with E-state index in [2.05, 4.69) is 10.4 Å². The van der Waals surface area contributed by atoms with E-state index in [0.717, 1.165) is 12.1 Å². The molecule has 0 bridgehead atoms. The van der Waals surface area contributed by atoms with Crippen LogP contribution in [0.5, 0.6) is 0 Å². The molecule has 0 aliphatic carbocycles. The minimum Gasteiger partial charge on any atom is -0.312 e. The van der Waals surface area contributed by atoms with Gasteiger partial charge in [0.25, 0.3) is 0 Å². The molecule has 0 aliphatic heterocycles. The number of aryl methyl sites for hydroxylation is 1. The molecule has 4 nitrogen and oxygen atoms in total. The molecule has 0 radical (unpaired) electrons. The summed E-state index contributed by atoms with van der Waals surface area (Å²) in [4.78, 5) is 3.95. The molecule has 1 heterocycles. The minimum absolute atomic E-state index is 0. The van der Waals surface area contributed by atoms with Gasteiger partial charge in [-0.3, -0.25) is 5.43 Å². The van der Waals surface area contributed by atoms with Crippen molar-refractivity contribution in [1.29, 1.82) is 0 Å². The first kappa shape index (κ1) is 11.7. The molecule has 0 unspecified atom stereocenters. The van der Waals surface area contributed by atoms with Crippen LogP contribution in [0.15, 0.2) is 12.1 Å². The van der Waals surface area contributed by atoms with Gasteiger partial charge in [0.15, 0.2) is 11.6 Å². The van der Waals surface area contributed by atoms with Crippen molar-refractivity contribution in [3.05, 3.63) is 23.8 Å². The van der Waals surface area contributed by atoms with Crippen molar-refractivity contribution in [2.75, 3.05) is 5.43 Å². The van der Waals surface area contributed by atoms with E-state index < -0.39 is 11.6 Å². The lowest BCUT2D eigenvalue weighted by molar-refractivity contribution is 0.510. The summed E-state index contributed by atoms with van der Waals surface area (Å²) < 4.78 is 27.2. The number of nitrogens with one attached hydrogen (secondary N) is 1. The Morgan fingerprint density at radius 1 is 1.33 bits per heavy atom. The fourth-order valence-electron chi connectivity index (χ4n) is 1.32. The summed E-state index contributed by atoms with van der Waals surface area (Å²) >= 11 is 0. The number of imidazole rings is 1. The third kappa shape index (κ3) is 1.73. The number of fused-ring (bicyclic) bond motifs is 1. The van der Waals surface area contributed by atoms with Crippen LogP contribution in [0.1, 0.15) is 0 Å². The standard InChI is InChI=1S/C8H8F2N4.ClH/c1-14-7-3-5(10)4(9)2-6(7)12-8(14)13-11;/h2-3H,11H2,1H3,(H,12,13);1H. The Hall–Kier alpha value is -1.40. The maximum absolute atomic E-state index is 12.9. The number of halogens is 3. The van der Waals surface area contributed by atoms with Crippen LogP contribution in [0.4, 0.5) is 14.7 Å². The topological polar surface area (TPSA) is 55.9 Å². The highest BCUT2D eigenvalue weighted by atomic mass is 35.5. The number of rotatable bonds is 1. The highest BCUT2D eigenvalue weighted by Crippen LogP contribution is 2.20. The van der Waals surface area contributed by atoms with Crippen LogP contribution in [-0.2, 0) is 7.05 Å². The predicted molar refractivity (Wildman–Crippen MR) is 55.7 cm³/mol. The summed E-state index contributed by atoms with van der Waals surface area (Å²) in [6.45, 7) is 0. The van der Waals surface area contributed by atoms with E-state index in [4.69, 9.17) is 5.84 Å². The van der Waals surface area contributed by atoms with Crippen molar-refractivity contribution >= 4 is 29.4 Å². The molecule has 1 aromatic heterocycles. The number of hydrogen-bond donors (Lipinski definition) is 2. The van der Waals surface area contributed by atoms with Gasteiger partial charge in [-0.2, -0.15) is 0 Å². The van der Waals surface area contributed by atoms with Crippen LogP contribution in [0.3, 0.4) is 0 Å². The molecule has 3 N–H and O–H groups in total. The molecular formula is C8H9ClF2N4. The van der Waals surface area contributed by atoms with Crippen molar-refractivity contribution in [2.24, 2.45) is 12.9 Å². The van der Waals surface area contributed by atoms with Crippen molar-refractivity contribution in [3.63, 3.8) is 0 Å². The maximum atomic E-state index is 12.9. The predicted octanol–water partition coefficient (Wildman–Crippen LogP) is 1.56. The maximum Gasteiger partial charge on any atom is 0.218 e. The first-order valence-corrected chi connectivity index (χ1v) is 3.91. The number of hydrazine groups is 1. The zero-order valence-corrected chi connectivity index (χ0v) is 8.61. The zero-order valence-electron chi connectivity index (χ0n) is 7.79. The number of nitrogens with zero attached hydrogens (tertiary/aromatic N) is 2. The first-order valence-electron chi connectivity index (χ1n) is 3.91. The number of anilines is 1. The zero-order chi connectivity index (χ0) is 10.3. The van der Waals surface area contributed by atoms with Crippen LogP contribution in [0, 0.1) is 11.6 Å². The number of nitrogen functional groups attached to an aromatic ring is 1. The second-order valence-corrected chi connectivity index (χ2v) is 2.89. The minimum atomic E-state index is -0.917. The fraction of sp³-hybridized carbons (Fsp3) is 0.125. The molecule has 2 aromatic rings. The highest BCUT2D eigenvalue weighted by molar-refractivity contribution is 5.85. The number of aromatic nitrogens is 2. The van der Waals surface area contributed by atoms with Gasteiger partial charge in [0.05, 0.1) is 11.0 Å². The summed E-state index contributed by atoms with van der Waals surface area (Å²) in [7, 11) is 1.65. The van der Waals surface area contributed by atoms with E-state index in [1.165, 1.54) is 4.57 Å². The Morgan fingerprint density at radius 2 is 1.93 bits per heavy atom.